The van der Waals surface area contributed by atoms with E-state index in [9.17, 15) is 14.7 Å². The number of nitrogens with one attached hydrogen (secondary N) is 1. The summed E-state index contributed by atoms with van der Waals surface area (Å²) in [6, 6.07) is 7.46. The Morgan fingerprint density at radius 2 is 1.85 bits per heavy atom. The predicted molar refractivity (Wildman–Crippen MR) is 72.6 cm³/mol. The fourth-order valence-electron chi connectivity index (χ4n) is 1.77. The van der Waals surface area contributed by atoms with Gasteiger partial charge in [0.25, 0.3) is 5.72 Å². The van der Waals surface area contributed by atoms with Gasteiger partial charge in [-0.2, -0.15) is 0 Å². The lowest BCUT2D eigenvalue weighted by Gasteiger charge is -2.32. The molecule has 2 unspecified atom stereocenters. The van der Waals surface area contributed by atoms with Crippen LogP contribution in [0.15, 0.2) is 30.3 Å². The van der Waals surface area contributed by atoms with E-state index in [4.69, 9.17) is 9.84 Å². The van der Waals surface area contributed by atoms with Crippen molar-refractivity contribution in [1.82, 2.24) is 5.32 Å². The highest BCUT2D eigenvalue weighted by Gasteiger charge is 2.42. The van der Waals surface area contributed by atoms with Crippen LogP contribution in [-0.4, -0.2) is 33.9 Å². The van der Waals surface area contributed by atoms with E-state index < -0.39 is 23.7 Å². The van der Waals surface area contributed by atoms with Crippen molar-refractivity contribution in [3.05, 3.63) is 30.3 Å². The molecule has 2 atom stereocenters. The van der Waals surface area contributed by atoms with Crippen molar-refractivity contribution < 1.29 is 24.5 Å². The van der Waals surface area contributed by atoms with E-state index in [1.807, 2.05) is 0 Å². The molecule has 0 fully saturated rings. The van der Waals surface area contributed by atoms with Gasteiger partial charge in [-0.15, -0.1) is 0 Å². The maximum atomic E-state index is 11.6. The summed E-state index contributed by atoms with van der Waals surface area (Å²) in [7, 11) is 0. The first-order valence-electron chi connectivity index (χ1n) is 6.43. The molecule has 20 heavy (non-hydrogen) atoms. The number of carboxylic acid groups (broad SMARTS) is 2. The smallest absolute Gasteiger partial charge is 0.363 e. The molecule has 6 heteroatoms. The number of rotatable bonds is 8. The monoisotopic (exact) mass is 281 g/mol. The molecule has 1 rings (SSSR count). The molecule has 0 aromatic heterocycles. The highest BCUT2D eigenvalue weighted by molar-refractivity contribution is 5.80. The van der Waals surface area contributed by atoms with E-state index in [-0.39, 0.29) is 12.8 Å². The minimum absolute atomic E-state index is 0.0843. The Balaban J connectivity index is 3.03. The highest BCUT2D eigenvalue weighted by Crippen LogP contribution is 2.20. The topological polar surface area (TPSA) is 95.9 Å². The second kappa shape index (κ2) is 6.91. The zero-order valence-electron chi connectivity index (χ0n) is 11.5. The number of hydrogen-bond donors (Lipinski definition) is 3. The number of aliphatic carboxylic acids is 2. The van der Waals surface area contributed by atoms with Gasteiger partial charge < -0.3 is 14.9 Å². The molecule has 0 aliphatic heterocycles. The third-order valence-corrected chi connectivity index (χ3v) is 2.99. The molecule has 0 bridgehead atoms. The van der Waals surface area contributed by atoms with Gasteiger partial charge in [-0.05, 0) is 18.6 Å². The van der Waals surface area contributed by atoms with Crippen LogP contribution in [-0.2, 0) is 9.59 Å². The van der Waals surface area contributed by atoms with Gasteiger partial charge in [-0.25, -0.2) is 4.79 Å². The van der Waals surface area contributed by atoms with Crippen molar-refractivity contribution in [2.45, 2.75) is 38.5 Å². The summed E-state index contributed by atoms with van der Waals surface area (Å²) in [4.78, 5) is 22.6. The van der Waals surface area contributed by atoms with Crippen molar-refractivity contribution >= 4 is 11.9 Å². The number of carbonyl (C=O) groups is 2. The van der Waals surface area contributed by atoms with Gasteiger partial charge >= 0.3 is 11.9 Å². The Morgan fingerprint density at radius 1 is 1.25 bits per heavy atom. The molecule has 0 heterocycles. The second-order valence-corrected chi connectivity index (χ2v) is 4.34. The average molecular weight is 281 g/mol. The van der Waals surface area contributed by atoms with Crippen LogP contribution in [0.25, 0.3) is 0 Å². The predicted octanol–water partition coefficient (Wildman–Crippen LogP) is 1.71. The van der Waals surface area contributed by atoms with E-state index in [1.165, 1.54) is 0 Å². The molecule has 0 aliphatic rings. The van der Waals surface area contributed by atoms with E-state index in [0.717, 1.165) is 0 Å². The molecule has 6 nitrogen and oxygen atoms in total. The molecule has 0 amide bonds. The van der Waals surface area contributed by atoms with Crippen molar-refractivity contribution in [3.63, 3.8) is 0 Å². The summed E-state index contributed by atoms with van der Waals surface area (Å²) in [6.45, 7) is 3.29. The van der Waals surface area contributed by atoms with Gasteiger partial charge in [0.05, 0.1) is 0 Å². The fourth-order valence-corrected chi connectivity index (χ4v) is 1.77. The van der Waals surface area contributed by atoms with Gasteiger partial charge in [0.1, 0.15) is 11.8 Å². The van der Waals surface area contributed by atoms with Crippen molar-refractivity contribution in [2.75, 3.05) is 0 Å². The Kier molecular flexibility index (Phi) is 5.52. The lowest BCUT2D eigenvalue weighted by molar-refractivity contribution is -0.162. The molecule has 3 N–H and O–H groups in total. The molecule has 0 spiro atoms. The summed E-state index contributed by atoms with van der Waals surface area (Å²) in [5.74, 6) is -1.99. The molecule has 0 aliphatic carbocycles. The molecule has 0 saturated carbocycles. The minimum atomic E-state index is -1.76. The number of carboxylic acids is 2. The first-order chi connectivity index (χ1) is 9.45. The van der Waals surface area contributed by atoms with Crippen LogP contribution in [0.4, 0.5) is 0 Å². The van der Waals surface area contributed by atoms with E-state index in [0.29, 0.717) is 5.75 Å². The van der Waals surface area contributed by atoms with Gasteiger partial charge in [-0.3, -0.25) is 10.1 Å². The van der Waals surface area contributed by atoms with Gasteiger partial charge in [0, 0.05) is 6.42 Å². The molecule has 1 aromatic rings. The molecular weight excluding hydrogens is 262 g/mol. The number of para-hydroxylation sites is 1. The van der Waals surface area contributed by atoms with Gasteiger partial charge in [0.2, 0.25) is 0 Å². The SMILES string of the molecule is CCC(NC(CC)(Oc1ccccc1)C(=O)O)C(=O)O. The molecule has 110 valence electrons. The van der Waals surface area contributed by atoms with Crippen LogP contribution < -0.4 is 10.1 Å². The normalized spacial score (nSPS) is 15.1. The molecular formula is C14H19NO5. The average Bonchev–Trinajstić information content (AvgIpc) is 2.43. The lowest BCUT2D eigenvalue weighted by atomic mass is 10.1. The second-order valence-electron chi connectivity index (χ2n) is 4.34. The van der Waals surface area contributed by atoms with Crippen LogP contribution >= 0.6 is 0 Å². The summed E-state index contributed by atoms with van der Waals surface area (Å²) >= 11 is 0. The Hall–Kier alpha value is -2.08. The zero-order chi connectivity index (χ0) is 15.2. The van der Waals surface area contributed by atoms with Crippen molar-refractivity contribution in [2.24, 2.45) is 0 Å². The quantitative estimate of drug-likeness (QED) is 0.628. The third-order valence-electron chi connectivity index (χ3n) is 2.99. The minimum Gasteiger partial charge on any atom is -0.480 e. The Labute approximate surface area is 117 Å². The van der Waals surface area contributed by atoms with Gasteiger partial charge in [-0.1, -0.05) is 32.0 Å². The van der Waals surface area contributed by atoms with Crippen molar-refractivity contribution in [3.8, 4) is 5.75 Å². The largest absolute Gasteiger partial charge is 0.480 e. The third kappa shape index (κ3) is 3.71. The Morgan fingerprint density at radius 3 is 2.25 bits per heavy atom. The first-order valence-corrected chi connectivity index (χ1v) is 6.43. The Bertz CT molecular complexity index is 462. The fraction of sp³-hybridized carbons (Fsp3) is 0.429. The number of benzene rings is 1. The lowest BCUT2D eigenvalue weighted by Crippen LogP contribution is -2.61. The van der Waals surface area contributed by atoms with Gasteiger partial charge in [0.15, 0.2) is 0 Å². The maximum Gasteiger partial charge on any atom is 0.363 e. The van der Waals surface area contributed by atoms with E-state index in [2.05, 4.69) is 5.32 Å². The van der Waals surface area contributed by atoms with E-state index >= 15 is 0 Å². The maximum absolute atomic E-state index is 11.6. The highest BCUT2D eigenvalue weighted by atomic mass is 16.5. The molecule has 1 aromatic carbocycles. The summed E-state index contributed by atoms with van der Waals surface area (Å²) in [5, 5.41) is 21.1. The van der Waals surface area contributed by atoms with Crippen LogP contribution in [0.5, 0.6) is 5.75 Å². The zero-order valence-corrected chi connectivity index (χ0v) is 11.5. The van der Waals surface area contributed by atoms with Crippen molar-refractivity contribution in [1.29, 1.82) is 0 Å². The number of hydrogen-bond acceptors (Lipinski definition) is 4. The standard InChI is InChI=1S/C14H19NO5/c1-3-11(12(16)17)15-14(4-2,13(18)19)20-10-8-6-5-7-9-10/h5-9,11,15H,3-4H2,1-2H3,(H,16,17)(H,18,19). The van der Waals surface area contributed by atoms with Crippen LogP contribution in [0, 0.1) is 0 Å². The molecule has 0 radical (unpaired) electrons. The summed E-state index contributed by atoms with van der Waals surface area (Å²) in [5.41, 5.74) is -1.76. The van der Waals surface area contributed by atoms with Crippen LogP contribution in [0.1, 0.15) is 26.7 Å². The van der Waals surface area contributed by atoms with Crippen LogP contribution in [0.2, 0.25) is 0 Å². The first kappa shape index (κ1) is 16.0. The molecule has 0 saturated heterocycles. The number of ether oxygens (including phenoxy) is 1. The van der Waals surface area contributed by atoms with E-state index in [1.54, 1.807) is 44.2 Å². The van der Waals surface area contributed by atoms with Crippen LogP contribution in [0.3, 0.4) is 0 Å². The summed E-state index contributed by atoms with van der Waals surface area (Å²) < 4.78 is 5.52. The summed E-state index contributed by atoms with van der Waals surface area (Å²) in [6.07, 6.45) is 0.337.